The van der Waals surface area contributed by atoms with Crippen LogP contribution < -0.4 is 21.7 Å². The van der Waals surface area contributed by atoms with Crippen molar-refractivity contribution < 1.29 is 29.1 Å². The summed E-state index contributed by atoms with van der Waals surface area (Å²) in [5.74, 6) is -4.71. The van der Waals surface area contributed by atoms with Gasteiger partial charge in [-0.05, 0) is 24.1 Å². The molecule has 1 atom stereocenters. The van der Waals surface area contributed by atoms with Crippen LogP contribution in [-0.2, 0) is 25.7 Å². The number of carboxylic acids is 1. The summed E-state index contributed by atoms with van der Waals surface area (Å²) in [7, 11) is 0. The van der Waals surface area contributed by atoms with Crippen LogP contribution in [0.3, 0.4) is 0 Å². The van der Waals surface area contributed by atoms with Crippen molar-refractivity contribution in [2.24, 2.45) is 5.73 Å². The normalized spacial score (nSPS) is 14.8. The highest BCUT2D eigenvalue weighted by molar-refractivity contribution is 6.36. The summed E-state index contributed by atoms with van der Waals surface area (Å²) < 4.78 is 0. The molecule has 12 heteroatoms. The quantitative estimate of drug-likeness (QED) is 0.135. The summed E-state index contributed by atoms with van der Waals surface area (Å²) in [5.41, 5.74) is 4.95. The number of nitrogen functional groups attached to an aromatic ring is 1. The number of amidine groups is 1. The molecular formula is C25H28N6O6. The van der Waals surface area contributed by atoms with E-state index in [2.05, 4.69) is 16.0 Å². The van der Waals surface area contributed by atoms with Gasteiger partial charge in [0.2, 0.25) is 5.91 Å². The molecular weight excluding hydrogens is 480 g/mol. The van der Waals surface area contributed by atoms with Crippen molar-refractivity contribution >= 4 is 35.4 Å². The third kappa shape index (κ3) is 6.48. The first-order valence-electron chi connectivity index (χ1n) is 11.5. The van der Waals surface area contributed by atoms with Crippen LogP contribution in [0.15, 0.2) is 54.6 Å². The predicted molar refractivity (Wildman–Crippen MR) is 132 cm³/mol. The minimum Gasteiger partial charge on any atom is -0.481 e. The largest absolute Gasteiger partial charge is 0.481 e. The Kier molecular flexibility index (Phi) is 8.56. The molecule has 1 aliphatic heterocycles. The summed E-state index contributed by atoms with van der Waals surface area (Å²) in [6.07, 6.45) is -1.02. The zero-order chi connectivity index (χ0) is 27.0. The lowest BCUT2D eigenvalue weighted by molar-refractivity contribution is -0.161. The SMILES string of the molecule is N=C(N)c1ccc(C(=O)NCCC(CC(=O)O)(C(=O)NCc2ccccc2)N2CCNC(=O)C2=O)cc1. The van der Waals surface area contributed by atoms with Gasteiger partial charge in [-0.15, -0.1) is 0 Å². The number of piperazine rings is 1. The van der Waals surface area contributed by atoms with Gasteiger partial charge in [-0.3, -0.25) is 29.4 Å². The molecule has 194 valence electrons. The fourth-order valence-corrected chi connectivity index (χ4v) is 4.10. The van der Waals surface area contributed by atoms with E-state index in [1.807, 2.05) is 0 Å². The van der Waals surface area contributed by atoms with E-state index in [1.54, 1.807) is 30.3 Å². The third-order valence-corrected chi connectivity index (χ3v) is 6.02. The average molecular weight is 509 g/mol. The fourth-order valence-electron chi connectivity index (χ4n) is 4.10. The lowest BCUT2D eigenvalue weighted by atomic mass is 9.86. The molecule has 0 saturated carbocycles. The molecule has 0 spiro atoms. The van der Waals surface area contributed by atoms with Crippen LogP contribution >= 0.6 is 0 Å². The van der Waals surface area contributed by atoms with E-state index < -0.39 is 41.6 Å². The topological polar surface area (TPSA) is 195 Å². The number of benzene rings is 2. The highest BCUT2D eigenvalue weighted by Gasteiger charge is 2.50. The second kappa shape index (κ2) is 11.8. The van der Waals surface area contributed by atoms with Crippen molar-refractivity contribution in [3.05, 3.63) is 71.3 Å². The number of hydrogen-bond acceptors (Lipinski definition) is 6. The van der Waals surface area contributed by atoms with Crippen LogP contribution in [0.4, 0.5) is 0 Å². The van der Waals surface area contributed by atoms with Gasteiger partial charge >= 0.3 is 17.8 Å². The molecule has 1 fully saturated rings. The maximum atomic E-state index is 13.5. The molecule has 1 unspecified atom stereocenters. The number of carboxylic acid groups (broad SMARTS) is 1. The highest BCUT2D eigenvalue weighted by atomic mass is 16.4. The number of carbonyl (C=O) groups is 5. The number of aliphatic carboxylic acids is 1. The zero-order valence-corrected chi connectivity index (χ0v) is 20.0. The summed E-state index contributed by atoms with van der Waals surface area (Å²) in [6.45, 7) is -0.112. The summed E-state index contributed by atoms with van der Waals surface area (Å²) in [5, 5.41) is 24.8. The first kappa shape index (κ1) is 26.9. The number of nitrogens with two attached hydrogens (primary N) is 1. The van der Waals surface area contributed by atoms with Crippen LogP contribution in [-0.4, -0.2) is 70.6 Å². The number of amides is 4. The highest BCUT2D eigenvalue weighted by Crippen LogP contribution is 2.27. The lowest BCUT2D eigenvalue weighted by Gasteiger charge is -2.43. The van der Waals surface area contributed by atoms with E-state index in [4.69, 9.17) is 11.1 Å². The van der Waals surface area contributed by atoms with Gasteiger partial charge in [0, 0.05) is 37.3 Å². The molecule has 7 N–H and O–H groups in total. The average Bonchev–Trinajstić information content (AvgIpc) is 2.88. The Balaban J connectivity index is 1.83. The van der Waals surface area contributed by atoms with Crippen LogP contribution in [0.25, 0.3) is 0 Å². The molecule has 1 heterocycles. The molecule has 0 radical (unpaired) electrons. The minimum absolute atomic E-state index is 0.0484. The Morgan fingerprint density at radius 3 is 2.30 bits per heavy atom. The Labute approximate surface area is 212 Å². The van der Waals surface area contributed by atoms with E-state index in [1.165, 1.54) is 24.3 Å². The van der Waals surface area contributed by atoms with E-state index in [-0.39, 0.29) is 44.0 Å². The molecule has 1 saturated heterocycles. The second-order valence-electron chi connectivity index (χ2n) is 8.48. The first-order valence-corrected chi connectivity index (χ1v) is 11.5. The Morgan fingerprint density at radius 2 is 1.68 bits per heavy atom. The Bertz CT molecular complexity index is 1200. The minimum atomic E-state index is -1.93. The molecule has 3 rings (SSSR count). The maximum Gasteiger partial charge on any atom is 0.312 e. The Hall–Kier alpha value is -4.74. The van der Waals surface area contributed by atoms with Gasteiger partial charge in [0.05, 0.1) is 6.42 Å². The van der Waals surface area contributed by atoms with Gasteiger partial charge < -0.3 is 31.7 Å². The van der Waals surface area contributed by atoms with E-state index >= 15 is 0 Å². The van der Waals surface area contributed by atoms with Crippen LogP contribution in [0, 0.1) is 5.41 Å². The van der Waals surface area contributed by atoms with Crippen LogP contribution in [0.5, 0.6) is 0 Å². The summed E-state index contributed by atoms with van der Waals surface area (Å²) >= 11 is 0. The summed E-state index contributed by atoms with van der Waals surface area (Å²) in [4.78, 5) is 63.9. The van der Waals surface area contributed by atoms with Crippen molar-refractivity contribution in [3.63, 3.8) is 0 Å². The van der Waals surface area contributed by atoms with Gasteiger partial charge in [-0.2, -0.15) is 0 Å². The number of hydrogen-bond donors (Lipinski definition) is 6. The van der Waals surface area contributed by atoms with Gasteiger partial charge in [0.15, 0.2) is 0 Å². The predicted octanol–water partition coefficient (Wildman–Crippen LogP) is -0.421. The number of rotatable bonds is 11. The fraction of sp³-hybridized carbons (Fsp3) is 0.280. The molecule has 12 nitrogen and oxygen atoms in total. The van der Waals surface area contributed by atoms with Crippen molar-refractivity contribution in [1.82, 2.24) is 20.9 Å². The molecule has 1 aliphatic rings. The van der Waals surface area contributed by atoms with Crippen LogP contribution in [0.1, 0.15) is 34.3 Å². The molecule has 4 amide bonds. The number of nitrogens with zero attached hydrogens (tertiary/aromatic N) is 1. The van der Waals surface area contributed by atoms with Crippen molar-refractivity contribution in [2.75, 3.05) is 19.6 Å². The van der Waals surface area contributed by atoms with Crippen molar-refractivity contribution in [1.29, 1.82) is 5.41 Å². The number of carbonyl (C=O) groups excluding carboxylic acids is 4. The molecule has 2 aromatic rings. The molecule has 37 heavy (non-hydrogen) atoms. The number of nitrogens with one attached hydrogen (secondary N) is 4. The smallest absolute Gasteiger partial charge is 0.312 e. The molecule has 0 bridgehead atoms. The van der Waals surface area contributed by atoms with Gasteiger partial charge in [0.25, 0.3) is 5.91 Å². The summed E-state index contributed by atoms with van der Waals surface area (Å²) in [6, 6.07) is 14.9. The monoisotopic (exact) mass is 508 g/mol. The zero-order valence-electron chi connectivity index (χ0n) is 20.0. The maximum absolute atomic E-state index is 13.5. The van der Waals surface area contributed by atoms with Crippen LogP contribution in [0.2, 0.25) is 0 Å². The molecule has 2 aromatic carbocycles. The lowest BCUT2D eigenvalue weighted by Crippen LogP contribution is -2.67. The second-order valence-corrected chi connectivity index (χ2v) is 8.48. The Morgan fingerprint density at radius 1 is 1.03 bits per heavy atom. The molecule has 0 aromatic heterocycles. The molecule has 0 aliphatic carbocycles. The van der Waals surface area contributed by atoms with Crippen molar-refractivity contribution in [3.8, 4) is 0 Å². The van der Waals surface area contributed by atoms with Crippen molar-refractivity contribution in [2.45, 2.75) is 24.9 Å². The van der Waals surface area contributed by atoms with Gasteiger partial charge in [-0.25, -0.2) is 0 Å². The van der Waals surface area contributed by atoms with E-state index in [9.17, 15) is 29.1 Å². The first-order chi connectivity index (χ1) is 17.6. The van der Waals surface area contributed by atoms with Gasteiger partial charge in [0.1, 0.15) is 11.4 Å². The van der Waals surface area contributed by atoms with E-state index in [0.717, 1.165) is 10.5 Å². The third-order valence-electron chi connectivity index (χ3n) is 6.02. The van der Waals surface area contributed by atoms with E-state index in [0.29, 0.717) is 5.56 Å². The standard InChI is InChI=1S/C25H28N6O6/c26-20(27)17-6-8-18(9-7-17)21(34)28-11-10-25(14-19(32)33,31-13-12-29-22(35)23(31)36)24(37)30-15-16-4-2-1-3-5-16/h1-9H,10-15H2,(H3,26,27)(H,28,34)(H,29,35)(H,30,37)(H,32,33). The van der Waals surface area contributed by atoms with Gasteiger partial charge in [-0.1, -0.05) is 42.5 Å².